The molecule has 7 aromatic rings. The van der Waals surface area contributed by atoms with E-state index < -0.39 is 34.9 Å². The van der Waals surface area contributed by atoms with Gasteiger partial charge in [-0.3, -0.25) is 24.0 Å². The van der Waals surface area contributed by atoms with Gasteiger partial charge in [-0.15, -0.1) is 0 Å². The molecule has 1 fully saturated rings. The van der Waals surface area contributed by atoms with E-state index in [2.05, 4.69) is 9.97 Å². The fourth-order valence-corrected chi connectivity index (χ4v) is 8.52. The first-order valence-corrected chi connectivity index (χ1v) is 18.8. The van der Waals surface area contributed by atoms with E-state index in [0.29, 0.717) is 39.0 Å². The normalized spacial score (nSPS) is 15.7. The third-order valence-corrected chi connectivity index (χ3v) is 11.4. The third-order valence-electron chi connectivity index (χ3n) is 11.4. The van der Waals surface area contributed by atoms with Crippen molar-refractivity contribution < 1.29 is 23.9 Å². The Morgan fingerprint density at radius 1 is 0.643 bits per heavy atom. The summed E-state index contributed by atoms with van der Waals surface area (Å²) in [5.74, 6) is -2.51. The van der Waals surface area contributed by atoms with Gasteiger partial charge < -0.3 is 9.72 Å². The van der Waals surface area contributed by atoms with E-state index in [1.54, 1.807) is 42.5 Å². The number of nitrogens with zero attached hydrogens (tertiary/aromatic N) is 2. The summed E-state index contributed by atoms with van der Waals surface area (Å²) < 4.78 is 6.34. The van der Waals surface area contributed by atoms with E-state index >= 15 is 0 Å². The SMILES string of the molecule is O=C1c2cc3cc4c(cc3cc2C(=O)C1c1nc2ccc(-c3ccccc3)cc2c(=O)[nH]1)C(=O)N(c1ccc(C2CCCC2)cc1OCc1ccccc1)C4=O. The van der Waals surface area contributed by atoms with Crippen molar-refractivity contribution in [2.45, 2.75) is 44.1 Å². The summed E-state index contributed by atoms with van der Waals surface area (Å²) in [6.07, 6.45) is 4.49. The van der Waals surface area contributed by atoms with Crippen LogP contribution in [0.25, 0.3) is 32.8 Å². The smallest absolute Gasteiger partial charge is 0.266 e. The minimum absolute atomic E-state index is 0.0297. The van der Waals surface area contributed by atoms with Crippen LogP contribution in [0.15, 0.2) is 126 Å². The summed E-state index contributed by atoms with van der Waals surface area (Å²) in [5, 5.41) is 1.39. The zero-order valence-corrected chi connectivity index (χ0v) is 30.1. The Kier molecular flexibility index (Phi) is 7.84. The predicted octanol–water partition coefficient (Wildman–Crippen LogP) is 8.94. The molecule has 0 bridgehead atoms. The van der Waals surface area contributed by atoms with Crippen molar-refractivity contribution in [3.63, 3.8) is 0 Å². The van der Waals surface area contributed by atoms with Gasteiger partial charge in [-0.05, 0) is 100 Å². The zero-order chi connectivity index (χ0) is 38.1. The molecule has 272 valence electrons. The summed E-state index contributed by atoms with van der Waals surface area (Å²) in [6, 6.07) is 36.8. The van der Waals surface area contributed by atoms with E-state index in [4.69, 9.17) is 4.74 Å². The third kappa shape index (κ3) is 5.46. The second kappa shape index (κ2) is 13.1. The largest absolute Gasteiger partial charge is 0.487 e. The van der Waals surface area contributed by atoms with E-state index in [1.165, 1.54) is 0 Å². The minimum Gasteiger partial charge on any atom is -0.487 e. The number of fused-ring (bicyclic) bond motifs is 4. The van der Waals surface area contributed by atoms with Crippen molar-refractivity contribution in [3.8, 4) is 16.9 Å². The van der Waals surface area contributed by atoms with Gasteiger partial charge in [-0.2, -0.15) is 0 Å². The van der Waals surface area contributed by atoms with E-state index in [1.807, 2.05) is 78.9 Å². The topological polar surface area (TPSA) is 126 Å². The number of aromatic amines is 1. The number of carbonyl (C=O) groups excluding carboxylic acids is 4. The van der Waals surface area contributed by atoms with Crippen LogP contribution in [-0.2, 0) is 6.61 Å². The lowest BCUT2D eigenvalue weighted by Gasteiger charge is -2.21. The van der Waals surface area contributed by atoms with Gasteiger partial charge in [-0.25, -0.2) is 9.88 Å². The van der Waals surface area contributed by atoms with E-state index in [9.17, 15) is 24.0 Å². The Morgan fingerprint density at radius 3 is 1.93 bits per heavy atom. The van der Waals surface area contributed by atoms with Crippen LogP contribution in [-0.4, -0.2) is 33.3 Å². The number of carbonyl (C=O) groups is 4. The fraction of sp³-hybridized carbons (Fsp3) is 0.149. The Hall–Kier alpha value is -7.00. The lowest BCUT2D eigenvalue weighted by Crippen LogP contribution is -2.30. The van der Waals surface area contributed by atoms with Crippen molar-refractivity contribution >= 4 is 50.7 Å². The number of amides is 2. The van der Waals surface area contributed by atoms with Crippen LogP contribution in [0.4, 0.5) is 5.69 Å². The van der Waals surface area contributed by atoms with Crippen LogP contribution >= 0.6 is 0 Å². The van der Waals surface area contributed by atoms with Gasteiger partial charge >= 0.3 is 0 Å². The van der Waals surface area contributed by atoms with Crippen molar-refractivity contribution in [3.05, 3.63) is 171 Å². The molecule has 2 aliphatic carbocycles. The van der Waals surface area contributed by atoms with Crippen LogP contribution < -0.4 is 15.2 Å². The van der Waals surface area contributed by atoms with Gasteiger partial charge in [-0.1, -0.05) is 85.6 Å². The lowest BCUT2D eigenvalue weighted by molar-refractivity contribution is 0.0880. The molecule has 0 saturated heterocycles. The van der Waals surface area contributed by atoms with Crippen molar-refractivity contribution in [2.24, 2.45) is 0 Å². The van der Waals surface area contributed by atoms with Crippen LogP contribution in [0, 0.1) is 0 Å². The number of rotatable bonds is 7. The first kappa shape index (κ1) is 33.6. The molecule has 9 heteroatoms. The molecule has 9 nitrogen and oxygen atoms in total. The number of anilines is 1. The van der Waals surface area contributed by atoms with Crippen molar-refractivity contribution in [1.82, 2.24) is 9.97 Å². The minimum atomic E-state index is -1.33. The highest BCUT2D eigenvalue weighted by molar-refractivity contribution is 6.36. The summed E-state index contributed by atoms with van der Waals surface area (Å²) in [5.41, 5.74) is 4.86. The molecule has 1 N–H and O–H groups in total. The number of ether oxygens (including phenoxy) is 1. The fourth-order valence-electron chi connectivity index (χ4n) is 8.52. The number of hydrogen-bond donors (Lipinski definition) is 1. The van der Waals surface area contributed by atoms with Crippen molar-refractivity contribution in [1.29, 1.82) is 0 Å². The highest BCUT2D eigenvalue weighted by Gasteiger charge is 2.43. The van der Waals surface area contributed by atoms with Gasteiger partial charge in [0.1, 0.15) is 24.1 Å². The molecule has 2 amide bonds. The maximum atomic E-state index is 14.1. The van der Waals surface area contributed by atoms with Gasteiger partial charge in [0.15, 0.2) is 11.6 Å². The van der Waals surface area contributed by atoms with E-state index in [0.717, 1.165) is 52.8 Å². The van der Waals surface area contributed by atoms with Crippen LogP contribution in [0.5, 0.6) is 5.75 Å². The number of nitrogens with one attached hydrogen (secondary N) is 1. The van der Waals surface area contributed by atoms with Gasteiger partial charge in [0, 0.05) is 11.1 Å². The number of H-pyrrole nitrogens is 1. The maximum Gasteiger partial charge on any atom is 0.266 e. The highest BCUT2D eigenvalue weighted by atomic mass is 16.5. The molecule has 0 radical (unpaired) electrons. The maximum absolute atomic E-state index is 14.1. The molecule has 1 aliphatic heterocycles. The molecule has 0 unspecified atom stereocenters. The quantitative estimate of drug-likeness (QED) is 0.128. The molecular weight excluding hydrogens is 703 g/mol. The molecule has 0 atom stereocenters. The van der Waals surface area contributed by atoms with Crippen molar-refractivity contribution in [2.75, 3.05) is 4.90 Å². The van der Waals surface area contributed by atoms with Gasteiger partial charge in [0.2, 0.25) is 0 Å². The van der Waals surface area contributed by atoms with Crippen LogP contribution in [0.3, 0.4) is 0 Å². The summed E-state index contributed by atoms with van der Waals surface area (Å²) >= 11 is 0. The summed E-state index contributed by atoms with van der Waals surface area (Å²) in [4.78, 5) is 77.9. The van der Waals surface area contributed by atoms with Gasteiger partial charge in [0.25, 0.3) is 17.4 Å². The lowest BCUT2D eigenvalue weighted by atomic mass is 9.97. The molecular formula is C47H33N3O6. The molecule has 2 heterocycles. The summed E-state index contributed by atoms with van der Waals surface area (Å²) in [6.45, 7) is 0.265. The standard InChI is InChI=1S/C47H33N3O6/c51-42-33-20-31-22-35-36(47(55)50(46(35)54)39-18-16-30(28-13-7-8-14-28)24-40(39)56-25-26-9-3-1-4-10-26)23-32(31)21-34(33)43(52)41(42)44-48-38-17-15-29(19-37(38)45(53)49-44)27-11-5-2-6-12-27/h1-6,9-12,15-24,28,41H,7-8,13-14,25H2,(H,48,49,53). The zero-order valence-electron chi connectivity index (χ0n) is 30.1. The first-order valence-electron chi connectivity index (χ1n) is 18.8. The Balaban J connectivity index is 0.978. The number of Topliss-reactive ketones (excluding diaryl/α,β-unsaturated/α-hetero) is 2. The van der Waals surface area contributed by atoms with E-state index in [-0.39, 0.29) is 34.7 Å². The Bertz CT molecular complexity index is 2800. The van der Waals surface area contributed by atoms with Crippen LogP contribution in [0.2, 0.25) is 0 Å². The average Bonchev–Trinajstić information content (AvgIpc) is 3.92. The first-order chi connectivity index (χ1) is 27.3. The Labute approximate surface area is 320 Å². The Morgan fingerprint density at radius 2 is 1.27 bits per heavy atom. The number of benzene rings is 6. The average molecular weight is 736 g/mol. The highest BCUT2D eigenvalue weighted by Crippen LogP contribution is 2.43. The molecule has 1 saturated carbocycles. The van der Waals surface area contributed by atoms with Gasteiger partial charge in [0.05, 0.1) is 27.7 Å². The summed E-state index contributed by atoms with van der Waals surface area (Å²) in [7, 11) is 0. The molecule has 0 spiro atoms. The molecule has 3 aliphatic rings. The second-order valence-electron chi connectivity index (χ2n) is 14.8. The predicted molar refractivity (Wildman–Crippen MR) is 213 cm³/mol. The number of aromatic nitrogens is 2. The number of imide groups is 1. The molecule has 10 rings (SSSR count). The monoisotopic (exact) mass is 735 g/mol. The van der Waals surface area contributed by atoms with Crippen LogP contribution in [0.1, 0.15) is 95.9 Å². The number of ketones is 2. The molecule has 1 aromatic heterocycles. The molecule has 6 aromatic carbocycles. The molecule has 56 heavy (non-hydrogen) atoms. The number of hydrogen-bond acceptors (Lipinski definition) is 7. The second-order valence-corrected chi connectivity index (χ2v) is 14.8.